The highest BCUT2D eigenvalue weighted by Crippen LogP contribution is 2.25. The van der Waals surface area contributed by atoms with E-state index in [1.807, 2.05) is 54.4 Å². The average Bonchev–Trinajstić information content (AvgIpc) is 3.25. The number of fused-ring (bicyclic) bond motifs is 1. The van der Waals surface area contributed by atoms with Crippen LogP contribution in [-0.4, -0.2) is 48.2 Å². The number of carbonyl (C=O) groups excluding carboxylic acids is 2. The molecule has 2 aromatic rings. The van der Waals surface area contributed by atoms with E-state index in [-0.39, 0.29) is 38.7 Å². The molecule has 0 bridgehead atoms. The van der Waals surface area contributed by atoms with Crippen molar-refractivity contribution in [3.63, 3.8) is 0 Å². The van der Waals surface area contributed by atoms with Crippen LogP contribution in [0.15, 0.2) is 54.6 Å². The maximum atomic E-state index is 13.2. The number of nitrogens with zero attached hydrogens (tertiary/aromatic N) is 2. The molecule has 1 heterocycles. The predicted octanol–water partition coefficient (Wildman–Crippen LogP) is 4.41. The van der Waals surface area contributed by atoms with Crippen LogP contribution in [0.2, 0.25) is 0 Å². The summed E-state index contributed by atoms with van der Waals surface area (Å²) in [5, 5.41) is 0. The Balaban J connectivity index is 0.00000171. The molecular formula is C26H34N2O2S. The van der Waals surface area contributed by atoms with Crippen LogP contribution in [-0.2, 0) is 22.4 Å². The molecule has 2 aliphatic rings. The number of ketones is 1. The summed E-state index contributed by atoms with van der Waals surface area (Å²) < 4.78 is 0. The lowest BCUT2D eigenvalue weighted by Crippen LogP contribution is -2.39. The molecule has 31 heavy (non-hydrogen) atoms. The summed E-state index contributed by atoms with van der Waals surface area (Å²) in [5.41, 5.74) is 4.24. The molecular weight excluding hydrogens is 404 g/mol. The van der Waals surface area contributed by atoms with Crippen LogP contribution in [0.5, 0.6) is 0 Å². The number of benzene rings is 2. The Morgan fingerprint density at radius 2 is 1.77 bits per heavy atom. The van der Waals surface area contributed by atoms with Crippen molar-refractivity contribution < 1.29 is 9.59 Å². The van der Waals surface area contributed by atoms with Crippen LogP contribution >= 0.6 is 13.5 Å². The van der Waals surface area contributed by atoms with E-state index in [1.54, 1.807) is 6.08 Å². The van der Waals surface area contributed by atoms with E-state index in [4.69, 9.17) is 0 Å². The molecule has 4 nitrogen and oxygen atoms in total. The number of hydrogen-bond donors (Lipinski definition) is 0. The number of allylic oxidation sites excluding steroid dienone is 1. The van der Waals surface area contributed by atoms with Gasteiger partial charge in [0, 0.05) is 20.0 Å². The van der Waals surface area contributed by atoms with Crippen molar-refractivity contribution in [1.82, 2.24) is 9.80 Å². The molecule has 0 unspecified atom stereocenters. The first kappa shape index (κ1) is 24.9. The van der Waals surface area contributed by atoms with Crippen molar-refractivity contribution in [2.24, 2.45) is 0 Å². The molecule has 0 saturated carbocycles. The van der Waals surface area contributed by atoms with Crippen LogP contribution in [0.4, 0.5) is 0 Å². The molecule has 1 amide bonds. The third kappa shape index (κ3) is 6.08. The maximum Gasteiger partial charge on any atom is 0.227 e. The quantitative estimate of drug-likeness (QED) is 0.671. The molecule has 0 spiro atoms. The highest BCUT2D eigenvalue weighted by atomic mass is 32.1. The van der Waals surface area contributed by atoms with E-state index >= 15 is 0 Å². The van der Waals surface area contributed by atoms with E-state index in [0.29, 0.717) is 12.8 Å². The van der Waals surface area contributed by atoms with Gasteiger partial charge in [-0.2, -0.15) is 13.5 Å². The minimum absolute atomic E-state index is 0. The lowest BCUT2D eigenvalue weighted by Gasteiger charge is -2.32. The third-order valence-corrected chi connectivity index (χ3v) is 6.05. The molecule has 1 fully saturated rings. The number of carbonyl (C=O) groups is 2. The van der Waals surface area contributed by atoms with Crippen LogP contribution < -0.4 is 0 Å². The van der Waals surface area contributed by atoms with Gasteiger partial charge in [-0.05, 0) is 54.3 Å². The fourth-order valence-corrected chi connectivity index (χ4v) is 4.32. The Kier molecular flexibility index (Phi) is 9.08. The lowest BCUT2D eigenvalue weighted by molar-refractivity contribution is -0.131. The summed E-state index contributed by atoms with van der Waals surface area (Å²) >= 11 is 0. The van der Waals surface area contributed by atoms with Crippen molar-refractivity contribution in [2.45, 2.75) is 39.2 Å². The monoisotopic (exact) mass is 438 g/mol. The molecule has 1 aliphatic heterocycles. The predicted molar refractivity (Wildman–Crippen MR) is 133 cm³/mol. The van der Waals surface area contributed by atoms with Gasteiger partial charge < -0.3 is 9.80 Å². The minimum atomic E-state index is 0. The molecule has 4 rings (SSSR count). The van der Waals surface area contributed by atoms with Gasteiger partial charge in [0.15, 0.2) is 5.78 Å². The third-order valence-electron chi connectivity index (χ3n) is 6.05. The Labute approximate surface area is 193 Å². The number of amides is 1. The molecule has 1 saturated heterocycles. The van der Waals surface area contributed by atoms with Crippen LogP contribution in [0, 0.1) is 0 Å². The Morgan fingerprint density at radius 3 is 2.48 bits per heavy atom. The molecule has 1 aliphatic carbocycles. The molecule has 2 aromatic carbocycles. The van der Waals surface area contributed by atoms with Crippen LogP contribution in [0.3, 0.4) is 0 Å². The van der Waals surface area contributed by atoms with Crippen molar-refractivity contribution in [2.75, 3.05) is 26.7 Å². The van der Waals surface area contributed by atoms with Gasteiger partial charge in [0.05, 0.1) is 12.5 Å². The van der Waals surface area contributed by atoms with Crippen molar-refractivity contribution in [3.05, 3.63) is 76.9 Å². The summed E-state index contributed by atoms with van der Waals surface area (Å²) in [6.45, 7) is 3.09. The fourth-order valence-electron chi connectivity index (χ4n) is 4.32. The van der Waals surface area contributed by atoms with Gasteiger partial charge in [-0.1, -0.05) is 62.0 Å². The summed E-state index contributed by atoms with van der Waals surface area (Å²) in [6.07, 6.45) is 6.74. The summed E-state index contributed by atoms with van der Waals surface area (Å²) in [7, 11) is 1.92. The molecule has 1 atom stereocenters. The van der Waals surface area contributed by atoms with Gasteiger partial charge in [0.25, 0.3) is 0 Å². The topological polar surface area (TPSA) is 40.6 Å². The molecule has 0 radical (unpaired) electrons. The summed E-state index contributed by atoms with van der Waals surface area (Å²) in [5.74, 6) is 0.225. The highest BCUT2D eigenvalue weighted by Gasteiger charge is 2.25. The first-order valence-corrected chi connectivity index (χ1v) is 10.5. The smallest absolute Gasteiger partial charge is 0.227 e. The molecule has 5 heteroatoms. The zero-order valence-electron chi connectivity index (χ0n) is 17.5. The number of likely N-dealkylation sites (N-methyl/N-ethyl adjacent to an activating group) is 1. The van der Waals surface area contributed by atoms with Crippen molar-refractivity contribution in [3.8, 4) is 0 Å². The second kappa shape index (κ2) is 11.3. The van der Waals surface area contributed by atoms with E-state index in [9.17, 15) is 9.59 Å². The SMILES string of the molecule is C.CN(C(=O)Cc1ccc2c(c1)CC(=O)C=C2)[C@H](CN1CCCC1)c1ccccc1.S. The molecule has 166 valence electrons. The number of rotatable bonds is 6. The highest BCUT2D eigenvalue weighted by molar-refractivity contribution is 7.59. The van der Waals surface area contributed by atoms with Gasteiger partial charge in [-0.15, -0.1) is 0 Å². The van der Waals surface area contributed by atoms with E-state index < -0.39 is 0 Å². The maximum absolute atomic E-state index is 13.2. The largest absolute Gasteiger partial charge is 0.337 e. The fraction of sp³-hybridized carbons (Fsp3) is 0.385. The second-order valence-electron chi connectivity index (χ2n) is 8.13. The average molecular weight is 439 g/mol. The van der Waals surface area contributed by atoms with Crippen molar-refractivity contribution >= 4 is 31.3 Å². The zero-order chi connectivity index (χ0) is 20.2. The lowest BCUT2D eigenvalue weighted by atomic mass is 9.93. The van der Waals surface area contributed by atoms with Gasteiger partial charge in [-0.3, -0.25) is 9.59 Å². The number of hydrogen-bond acceptors (Lipinski definition) is 3. The van der Waals surface area contributed by atoms with Gasteiger partial charge in [-0.25, -0.2) is 0 Å². The molecule has 0 N–H and O–H groups in total. The first-order valence-electron chi connectivity index (χ1n) is 10.5. The summed E-state index contributed by atoms with van der Waals surface area (Å²) in [4.78, 5) is 29.2. The van der Waals surface area contributed by atoms with Crippen molar-refractivity contribution in [1.29, 1.82) is 0 Å². The first-order chi connectivity index (χ1) is 14.1. The zero-order valence-corrected chi connectivity index (χ0v) is 18.5. The second-order valence-corrected chi connectivity index (χ2v) is 8.13. The van der Waals surface area contributed by atoms with E-state index in [1.165, 1.54) is 18.4 Å². The van der Waals surface area contributed by atoms with Crippen LogP contribution in [0.1, 0.15) is 48.6 Å². The minimum Gasteiger partial charge on any atom is -0.337 e. The van der Waals surface area contributed by atoms with Gasteiger partial charge >= 0.3 is 0 Å². The Bertz CT molecular complexity index is 920. The molecule has 0 aromatic heterocycles. The summed E-state index contributed by atoms with van der Waals surface area (Å²) in [6, 6.07) is 16.4. The van der Waals surface area contributed by atoms with Crippen LogP contribution in [0.25, 0.3) is 6.08 Å². The van der Waals surface area contributed by atoms with E-state index in [0.717, 1.165) is 36.3 Å². The van der Waals surface area contributed by atoms with Gasteiger partial charge in [0.2, 0.25) is 5.91 Å². The number of likely N-dealkylation sites (tertiary alicyclic amines) is 1. The van der Waals surface area contributed by atoms with E-state index in [2.05, 4.69) is 17.0 Å². The Morgan fingerprint density at radius 1 is 1.06 bits per heavy atom. The standard InChI is InChI=1S/C25H28N2O2.CH4.H2S/c1-26(24(18-27-13-5-6-14-27)21-7-3-2-4-8-21)25(29)16-19-9-10-20-11-12-23(28)17-22(20)15-19;;/h2-4,7-12,15,24H,5-6,13-14,16-18H2,1H3;1H4;1H2/t24-;;/m1../s1. The van der Waals surface area contributed by atoms with Gasteiger partial charge in [0.1, 0.15) is 0 Å². The normalized spacial score (nSPS) is 16.1. The Hall–Kier alpha value is -2.37.